The first-order valence-corrected chi connectivity index (χ1v) is 10.3. The number of alkyl halides is 3. The van der Waals surface area contributed by atoms with E-state index in [-0.39, 0.29) is 24.0 Å². The highest BCUT2D eigenvalue weighted by Crippen LogP contribution is 2.43. The van der Waals surface area contributed by atoms with Crippen LogP contribution < -0.4 is 5.32 Å². The molecule has 1 heterocycles. The van der Waals surface area contributed by atoms with Crippen LogP contribution in [0, 0.1) is 17.2 Å². The molecule has 180 valence electrons. The molecule has 9 heteroatoms. The number of ether oxygens (including phenoxy) is 1. The summed E-state index contributed by atoms with van der Waals surface area (Å²) in [5.41, 5.74) is -3.65. The molecule has 1 unspecified atom stereocenters. The van der Waals surface area contributed by atoms with Crippen molar-refractivity contribution in [1.29, 1.82) is 0 Å². The SMILES string of the molecule is CC(C)C(C)(C)CC(O)(C(=O)Nc1ccc2c(c1)COC2=O)C(F)(F)F.Fc1ccccc1. The van der Waals surface area contributed by atoms with E-state index in [2.05, 4.69) is 5.32 Å². The number of esters is 1. The zero-order chi connectivity index (χ0) is 25.0. The number of rotatable bonds is 5. The van der Waals surface area contributed by atoms with Gasteiger partial charge in [-0.25, -0.2) is 9.18 Å². The zero-order valence-electron chi connectivity index (χ0n) is 18.8. The number of cyclic esters (lactones) is 1. The number of carbonyl (C=O) groups is 2. The molecule has 0 aromatic heterocycles. The maximum atomic E-state index is 13.5. The summed E-state index contributed by atoms with van der Waals surface area (Å²) in [5, 5.41) is 12.4. The van der Waals surface area contributed by atoms with Crippen LogP contribution in [0.5, 0.6) is 0 Å². The molecule has 0 saturated carbocycles. The van der Waals surface area contributed by atoms with E-state index in [0.717, 1.165) is 0 Å². The fraction of sp³-hybridized carbons (Fsp3) is 0.417. The Morgan fingerprint density at radius 3 is 2.21 bits per heavy atom. The Balaban J connectivity index is 0.000000468. The van der Waals surface area contributed by atoms with Crippen LogP contribution in [0.3, 0.4) is 0 Å². The minimum absolute atomic E-state index is 0.0121. The monoisotopic (exact) mass is 469 g/mol. The van der Waals surface area contributed by atoms with Gasteiger partial charge in [-0.05, 0) is 48.1 Å². The second-order valence-corrected chi connectivity index (χ2v) is 8.88. The van der Waals surface area contributed by atoms with Crippen LogP contribution in [0.2, 0.25) is 0 Å². The number of halogens is 4. The standard InChI is InChI=1S/C18H22F3NO4.C6H5F/c1-10(2)16(3,4)9-17(25,18(19,20)21)15(24)22-12-5-6-13-11(7-12)8-26-14(13)23;7-6-4-2-1-3-5-6/h5-7,10,25H,8-9H2,1-4H3,(H,22,24);1-5H. The van der Waals surface area contributed by atoms with E-state index < -0.39 is 35.5 Å². The van der Waals surface area contributed by atoms with Crippen LogP contribution in [-0.4, -0.2) is 28.8 Å². The van der Waals surface area contributed by atoms with Crippen molar-refractivity contribution in [2.24, 2.45) is 11.3 Å². The maximum Gasteiger partial charge on any atom is 0.426 e. The van der Waals surface area contributed by atoms with E-state index in [0.29, 0.717) is 11.1 Å². The number of carbonyl (C=O) groups excluding carboxylic acids is 2. The molecule has 1 amide bonds. The van der Waals surface area contributed by atoms with Crippen LogP contribution in [0.25, 0.3) is 0 Å². The van der Waals surface area contributed by atoms with Crippen LogP contribution in [0.15, 0.2) is 48.5 Å². The van der Waals surface area contributed by atoms with E-state index in [4.69, 9.17) is 4.74 Å². The van der Waals surface area contributed by atoms with Crippen LogP contribution >= 0.6 is 0 Å². The molecule has 2 aromatic carbocycles. The lowest BCUT2D eigenvalue weighted by Crippen LogP contribution is -2.57. The van der Waals surface area contributed by atoms with Crippen LogP contribution in [0.4, 0.5) is 23.2 Å². The molecule has 0 spiro atoms. The Morgan fingerprint density at radius 1 is 1.12 bits per heavy atom. The van der Waals surface area contributed by atoms with Crippen molar-refractivity contribution in [2.45, 2.75) is 52.5 Å². The number of fused-ring (bicyclic) bond motifs is 1. The molecular formula is C24H27F4NO4. The molecule has 5 nitrogen and oxygen atoms in total. The molecule has 2 N–H and O–H groups in total. The predicted molar refractivity (Wildman–Crippen MR) is 115 cm³/mol. The molecule has 1 atom stereocenters. The van der Waals surface area contributed by atoms with E-state index in [9.17, 15) is 32.3 Å². The van der Waals surface area contributed by atoms with Gasteiger partial charge in [0.2, 0.25) is 5.60 Å². The van der Waals surface area contributed by atoms with Gasteiger partial charge in [0.05, 0.1) is 5.56 Å². The number of benzene rings is 2. The van der Waals surface area contributed by atoms with Gasteiger partial charge in [0.1, 0.15) is 12.4 Å². The van der Waals surface area contributed by atoms with Crippen molar-refractivity contribution in [3.8, 4) is 0 Å². The van der Waals surface area contributed by atoms with Crippen molar-refractivity contribution in [3.63, 3.8) is 0 Å². The third-order valence-electron chi connectivity index (χ3n) is 5.79. The smallest absolute Gasteiger partial charge is 0.426 e. The van der Waals surface area contributed by atoms with Crippen molar-refractivity contribution in [1.82, 2.24) is 0 Å². The lowest BCUT2D eigenvalue weighted by atomic mass is 9.72. The molecule has 0 bridgehead atoms. The van der Waals surface area contributed by atoms with E-state index >= 15 is 0 Å². The fourth-order valence-electron chi connectivity index (χ4n) is 3.03. The maximum absolute atomic E-state index is 13.5. The van der Waals surface area contributed by atoms with Gasteiger partial charge in [0, 0.05) is 11.3 Å². The first-order valence-electron chi connectivity index (χ1n) is 10.3. The highest BCUT2D eigenvalue weighted by molar-refractivity contribution is 5.99. The van der Waals surface area contributed by atoms with Crippen LogP contribution in [0.1, 0.15) is 50.0 Å². The molecule has 1 aliphatic heterocycles. The van der Waals surface area contributed by atoms with E-state index in [1.54, 1.807) is 45.9 Å². The molecule has 3 rings (SSSR count). The summed E-state index contributed by atoms with van der Waals surface area (Å²) >= 11 is 0. The third kappa shape index (κ3) is 6.31. The number of aliphatic hydroxyl groups is 1. The average Bonchev–Trinajstić information content (AvgIpc) is 3.08. The van der Waals surface area contributed by atoms with Gasteiger partial charge in [0.15, 0.2) is 0 Å². The van der Waals surface area contributed by atoms with Gasteiger partial charge in [-0.3, -0.25) is 4.79 Å². The lowest BCUT2D eigenvalue weighted by molar-refractivity contribution is -0.258. The summed E-state index contributed by atoms with van der Waals surface area (Å²) in [6.07, 6.45) is -5.92. The molecule has 1 aliphatic rings. The normalized spacial score (nSPS) is 15.2. The largest absolute Gasteiger partial charge is 0.457 e. The van der Waals surface area contributed by atoms with Gasteiger partial charge >= 0.3 is 12.1 Å². The lowest BCUT2D eigenvalue weighted by Gasteiger charge is -2.38. The summed E-state index contributed by atoms with van der Waals surface area (Å²) in [6, 6.07) is 12.0. The van der Waals surface area contributed by atoms with Gasteiger partial charge in [-0.1, -0.05) is 45.9 Å². The Kier molecular flexibility index (Phi) is 7.90. The molecular weight excluding hydrogens is 442 g/mol. The Bertz CT molecular complexity index is 990. The molecule has 0 radical (unpaired) electrons. The second kappa shape index (κ2) is 9.91. The first-order chi connectivity index (χ1) is 15.2. The quantitative estimate of drug-likeness (QED) is 0.449. The summed E-state index contributed by atoms with van der Waals surface area (Å²) < 4.78 is 57.4. The van der Waals surface area contributed by atoms with Gasteiger partial charge < -0.3 is 15.2 Å². The summed E-state index contributed by atoms with van der Waals surface area (Å²) in [6.45, 7) is 6.58. The Morgan fingerprint density at radius 2 is 1.73 bits per heavy atom. The summed E-state index contributed by atoms with van der Waals surface area (Å²) in [4.78, 5) is 23.8. The van der Waals surface area contributed by atoms with Crippen molar-refractivity contribution >= 4 is 17.6 Å². The minimum atomic E-state index is -5.14. The van der Waals surface area contributed by atoms with Gasteiger partial charge in [-0.15, -0.1) is 0 Å². The Hall–Kier alpha value is -2.94. The van der Waals surface area contributed by atoms with Crippen molar-refractivity contribution in [2.75, 3.05) is 5.32 Å². The summed E-state index contributed by atoms with van der Waals surface area (Å²) in [5.74, 6) is -2.44. The number of amides is 1. The molecule has 0 fully saturated rings. The van der Waals surface area contributed by atoms with E-state index in [1.165, 1.54) is 30.3 Å². The number of hydrogen-bond donors (Lipinski definition) is 2. The summed E-state index contributed by atoms with van der Waals surface area (Å²) in [7, 11) is 0. The second-order valence-electron chi connectivity index (χ2n) is 8.88. The van der Waals surface area contributed by atoms with E-state index in [1.807, 2.05) is 0 Å². The highest BCUT2D eigenvalue weighted by Gasteiger charge is 2.61. The number of nitrogens with one attached hydrogen (secondary N) is 1. The Labute approximate surface area is 189 Å². The predicted octanol–water partition coefficient (Wildman–Crippen LogP) is 5.49. The zero-order valence-corrected chi connectivity index (χ0v) is 18.8. The third-order valence-corrected chi connectivity index (χ3v) is 5.79. The highest BCUT2D eigenvalue weighted by atomic mass is 19.4. The van der Waals surface area contributed by atoms with Gasteiger partial charge in [0.25, 0.3) is 5.91 Å². The fourth-order valence-corrected chi connectivity index (χ4v) is 3.03. The molecule has 0 aliphatic carbocycles. The van der Waals surface area contributed by atoms with Crippen molar-refractivity contribution < 1.29 is 37.0 Å². The first kappa shape index (κ1) is 26.3. The van der Waals surface area contributed by atoms with Gasteiger partial charge in [-0.2, -0.15) is 13.2 Å². The molecule has 33 heavy (non-hydrogen) atoms. The topological polar surface area (TPSA) is 75.6 Å². The number of hydrogen-bond acceptors (Lipinski definition) is 4. The molecule has 0 saturated heterocycles. The average molecular weight is 469 g/mol. The molecule has 2 aromatic rings. The van der Waals surface area contributed by atoms with Crippen molar-refractivity contribution in [3.05, 3.63) is 65.5 Å². The number of anilines is 1. The minimum Gasteiger partial charge on any atom is -0.457 e. The van der Waals surface area contributed by atoms with Crippen LogP contribution in [-0.2, 0) is 16.1 Å².